The first-order valence-corrected chi connectivity index (χ1v) is 13.8. The normalized spacial score (nSPS) is 33.2. The van der Waals surface area contributed by atoms with E-state index in [0.29, 0.717) is 12.3 Å². The van der Waals surface area contributed by atoms with Crippen molar-refractivity contribution in [2.75, 3.05) is 32.7 Å². The van der Waals surface area contributed by atoms with Gasteiger partial charge in [0.1, 0.15) is 6.61 Å². The zero-order valence-electron chi connectivity index (χ0n) is 23.3. The Kier molecular flexibility index (Phi) is 7.01. The van der Waals surface area contributed by atoms with Crippen LogP contribution >= 0.6 is 0 Å². The monoisotopic (exact) mass is 520 g/mol. The first-order chi connectivity index (χ1) is 18.1. The summed E-state index contributed by atoms with van der Waals surface area (Å²) in [7, 11) is 5.60. The van der Waals surface area contributed by atoms with E-state index in [2.05, 4.69) is 47.3 Å². The predicted octanol–water partition coefficient (Wildman–Crippen LogP) is 5.43. The van der Waals surface area contributed by atoms with Crippen LogP contribution in [-0.4, -0.2) is 56.1 Å². The third kappa shape index (κ3) is 4.10. The number of hydrogen-bond acceptors (Lipinski definition) is 7. The maximum Gasteiger partial charge on any atom is 0.303 e. The average Bonchev–Trinajstić information content (AvgIpc) is 3.20. The number of allylic oxidation sites excluding steroid dienone is 4. The predicted molar refractivity (Wildman–Crippen MR) is 147 cm³/mol. The van der Waals surface area contributed by atoms with Crippen molar-refractivity contribution in [1.82, 2.24) is 0 Å². The standard InChI is InChI=1S/C31H40N2O5/c1-19(34)38-31(28(35)18-37-5)15-14-27-25-12-8-21-16-22(32-36)9-13-24(21)29(25)26(17-30(27,31)2)20-6-10-23(11-7-20)33(3)4/h6-7,10-11,16,25-27,36H,8-9,12-15,17-18H2,1-5H3/b32-22+/t25?,26?,27?,30-,31-/m0/s1. The molecule has 0 bridgehead atoms. The van der Waals surface area contributed by atoms with E-state index in [1.165, 1.54) is 36.3 Å². The van der Waals surface area contributed by atoms with Gasteiger partial charge in [-0.3, -0.25) is 9.59 Å². The fourth-order valence-electron chi connectivity index (χ4n) is 8.22. The van der Waals surface area contributed by atoms with Gasteiger partial charge in [-0.2, -0.15) is 0 Å². The number of methoxy groups -OCH3 is 1. The molecule has 0 radical (unpaired) electrons. The number of ketones is 1. The van der Waals surface area contributed by atoms with Gasteiger partial charge < -0.3 is 19.6 Å². The third-order valence-corrected chi connectivity index (χ3v) is 9.85. The number of anilines is 1. The molecule has 0 aromatic heterocycles. The van der Waals surface area contributed by atoms with Crippen LogP contribution in [0.2, 0.25) is 0 Å². The lowest BCUT2D eigenvalue weighted by molar-refractivity contribution is -0.185. The van der Waals surface area contributed by atoms with E-state index in [1.807, 2.05) is 14.1 Å². The first kappa shape index (κ1) is 26.7. The summed E-state index contributed by atoms with van der Waals surface area (Å²) in [6, 6.07) is 8.75. The van der Waals surface area contributed by atoms with Gasteiger partial charge in [0.2, 0.25) is 5.78 Å². The van der Waals surface area contributed by atoms with E-state index in [4.69, 9.17) is 9.47 Å². The van der Waals surface area contributed by atoms with Crippen molar-refractivity contribution in [2.45, 2.75) is 70.3 Å². The van der Waals surface area contributed by atoms with Crippen LogP contribution in [0.4, 0.5) is 5.69 Å². The van der Waals surface area contributed by atoms with E-state index >= 15 is 0 Å². The van der Waals surface area contributed by atoms with Crippen LogP contribution in [-0.2, 0) is 19.1 Å². The molecule has 0 saturated heterocycles. The van der Waals surface area contributed by atoms with Gasteiger partial charge in [0, 0.05) is 45.1 Å². The number of carbonyl (C=O) groups excluding carboxylic acids is 2. The van der Waals surface area contributed by atoms with Gasteiger partial charge in [-0.25, -0.2) is 0 Å². The molecule has 2 fully saturated rings. The number of benzene rings is 1. The fourth-order valence-corrected chi connectivity index (χ4v) is 8.22. The van der Waals surface area contributed by atoms with Gasteiger partial charge in [0.15, 0.2) is 5.60 Å². The highest BCUT2D eigenvalue weighted by molar-refractivity contribution is 5.97. The minimum atomic E-state index is -1.18. The van der Waals surface area contributed by atoms with Crippen molar-refractivity contribution >= 4 is 23.2 Å². The number of carbonyl (C=O) groups is 2. The minimum absolute atomic E-state index is 0.0629. The van der Waals surface area contributed by atoms with E-state index in [-0.39, 0.29) is 24.2 Å². The lowest BCUT2D eigenvalue weighted by Gasteiger charge is -2.55. The summed E-state index contributed by atoms with van der Waals surface area (Å²) >= 11 is 0. The Morgan fingerprint density at radius 2 is 1.87 bits per heavy atom. The van der Waals surface area contributed by atoms with Gasteiger partial charge >= 0.3 is 5.97 Å². The van der Waals surface area contributed by atoms with Crippen LogP contribution in [0.3, 0.4) is 0 Å². The molecule has 0 amide bonds. The zero-order chi connectivity index (χ0) is 27.2. The second-order valence-corrected chi connectivity index (χ2v) is 11.9. The largest absolute Gasteiger partial charge is 0.451 e. The van der Waals surface area contributed by atoms with Crippen molar-refractivity contribution in [2.24, 2.45) is 22.4 Å². The van der Waals surface area contributed by atoms with Crippen LogP contribution in [0.15, 0.2) is 52.2 Å². The maximum absolute atomic E-state index is 13.7. The highest BCUT2D eigenvalue weighted by atomic mass is 16.6. The molecule has 38 heavy (non-hydrogen) atoms. The van der Waals surface area contributed by atoms with Gasteiger partial charge in [-0.05, 0) is 91.7 Å². The molecule has 5 rings (SSSR count). The van der Waals surface area contributed by atoms with Crippen LogP contribution in [0, 0.1) is 17.3 Å². The number of rotatable bonds is 6. The van der Waals surface area contributed by atoms with Gasteiger partial charge in [0.25, 0.3) is 0 Å². The molecular formula is C31H40N2O5. The van der Waals surface area contributed by atoms with Crippen LogP contribution in [0.1, 0.15) is 70.3 Å². The Hall–Kier alpha value is -2.93. The van der Waals surface area contributed by atoms with Crippen molar-refractivity contribution in [1.29, 1.82) is 0 Å². The Morgan fingerprint density at radius 3 is 2.50 bits per heavy atom. The van der Waals surface area contributed by atoms with Crippen molar-refractivity contribution in [3.05, 3.63) is 52.6 Å². The fraction of sp³-hybridized carbons (Fsp3) is 0.581. The second kappa shape index (κ2) is 9.99. The van der Waals surface area contributed by atoms with Crippen LogP contribution in [0.5, 0.6) is 0 Å². The maximum atomic E-state index is 13.7. The second-order valence-electron chi connectivity index (χ2n) is 11.9. The summed E-state index contributed by atoms with van der Waals surface area (Å²) in [4.78, 5) is 28.3. The Bertz CT molecular complexity index is 1210. The lowest BCUT2D eigenvalue weighted by Crippen LogP contribution is -2.58. The smallest absolute Gasteiger partial charge is 0.303 e. The van der Waals surface area contributed by atoms with Crippen LogP contribution in [0.25, 0.3) is 0 Å². The van der Waals surface area contributed by atoms with E-state index < -0.39 is 17.0 Å². The molecule has 1 aromatic rings. The number of Topliss-reactive ketones (excluding diaryl/α,β-unsaturated/α-hetero) is 1. The molecule has 2 saturated carbocycles. The van der Waals surface area contributed by atoms with Crippen molar-refractivity contribution in [3.8, 4) is 0 Å². The van der Waals surface area contributed by atoms with E-state index in [0.717, 1.165) is 49.9 Å². The highest BCUT2D eigenvalue weighted by Gasteiger charge is 2.68. The number of oxime groups is 1. The van der Waals surface area contributed by atoms with Gasteiger partial charge in [-0.1, -0.05) is 29.8 Å². The molecule has 0 spiro atoms. The molecule has 0 heterocycles. The molecular weight excluding hydrogens is 480 g/mol. The summed E-state index contributed by atoms with van der Waals surface area (Å²) in [5.41, 5.74) is 5.59. The first-order valence-electron chi connectivity index (χ1n) is 13.8. The van der Waals surface area contributed by atoms with Crippen LogP contribution < -0.4 is 4.90 Å². The summed E-state index contributed by atoms with van der Waals surface area (Å²) in [6.07, 6.45) is 7.67. The van der Waals surface area contributed by atoms with Crippen molar-refractivity contribution in [3.63, 3.8) is 0 Å². The van der Waals surface area contributed by atoms with Gasteiger partial charge in [0.05, 0.1) is 5.71 Å². The summed E-state index contributed by atoms with van der Waals surface area (Å²) in [6.45, 7) is 3.53. The molecule has 0 aliphatic heterocycles. The molecule has 7 nitrogen and oxygen atoms in total. The van der Waals surface area contributed by atoms with Crippen molar-refractivity contribution < 1.29 is 24.3 Å². The molecule has 4 aliphatic carbocycles. The Morgan fingerprint density at radius 1 is 1.13 bits per heavy atom. The molecule has 1 aromatic carbocycles. The number of esters is 1. The number of nitrogens with zero attached hydrogens (tertiary/aromatic N) is 2. The van der Waals surface area contributed by atoms with Gasteiger partial charge in [-0.15, -0.1) is 0 Å². The molecule has 4 aliphatic rings. The topological polar surface area (TPSA) is 88.4 Å². The molecule has 1 N–H and O–H groups in total. The molecule has 204 valence electrons. The number of hydrogen-bond donors (Lipinski definition) is 1. The molecule has 3 unspecified atom stereocenters. The number of fused-ring (bicyclic) bond motifs is 4. The average molecular weight is 521 g/mol. The minimum Gasteiger partial charge on any atom is -0.451 e. The third-order valence-electron chi connectivity index (χ3n) is 9.85. The molecule has 7 heteroatoms. The van der Waals surface area contributed by atoms with E-state index in [9.17, 15) is 14.8 Å². The summed E-state index contributed by atoms with van der Waals surface area (Å²) < 4.78 is 11.4. The zero-order valence-corrected chi connectivity index (χ0v) is 23.3. The quantitative estimate of drug-likeness (QED) is 0.306. The Labute approximate surface area is 225 Å². The lowest BCUT2D eigenvalue weighted by atomic mass is 9.50. The SMILES string of the molecule is COCC(=O)[C@@]1(OC(C)=O)CCC2C3CCC4=C/C(=N/O)CCC4=C3C(c3ccc(N(C)C)cc3)C[C@@]21C. The van der Waals surface area contributed by atoms with E-state index in [1.54, 1.807) is 0 Å². The highest BCUT2D eigenvalue weighted by Crippen LogP contribution is 2.67. The summed E-state index contributed by atoms with van der Waals surface area (Å²) in [5, 5.41) is 12.9. The molecule has 5 atom stereocenters. The Balaban J connectivity index is 1.68. The number of ether oxygens (including phenoxy) is 2. The summed E-state index contributed by atoms with van der Waals surface area (Å²) in [5.74, 6) is 0.101.